The average molecular weight is 554 g/mol. The Labute approximate surface area is 227 Å². The van der Waals surface area contributed by atoms with Crippen molar-refractivity contribution in [3.63, 3.8) is 0 Å². The number of hydrogen-bond acceptors (Lipinski definition) is 6. The first-order chi connectivity index (χ1) is 19.1. The number of urea groups is 1. The Kier molecular flexibility index (Phi) is 7.30. The molecule has 3 amide bonds. The molecule has 0 spiro atoms. The Morgan fingerprint density at radius 2 is 1.82 bits per heavy atom. The van der Waals surface area contributed by atoms with Gasteiger partial charge in [-0.15, -0.1) is 0 Å². The number of rotatable bonds is 5. The summed E-state index contributed by atoms with van der Waals surface area (Å²) in [5.41, 5.74) is 1.24. The van der Waals surface area contributed by atoms with E-state index in [1.807, 2.05) is 0 Å². The lowest BCUT2D eigenvalue weighted by molar-refractivity contribution is -0.137. The van der Waals surface area contributed by atoms with Gasteiger partial charge in [0, 0.05) is 49.0 Å². The van der Waals surface area contributed by atoms with Crippen LogP contribution in [0.25, 0.3) is 11.0 Å². The number of hydrogen-bond donors (Lipinski definition) is 3. The number of halogens is 3. The monoisotopic (exact) mass is 553 g/mol. The van der Waals surface area contributed by atoms with E-state index in [1.165, 1.54) is 17.3 Å². The number of nitrogens with one attached hydrogen (secondary N) is 3. The third-order valence-electron chi connectivity index (χ3n) is 6.58. The van der Waals surface area contributed by atoms with Crippen molar-refractivity contribution in [2.75, 3.05) is 53.8 Å². The summed E-state index contributed by atoms with van der Waals surface area (Å²) in [4.78, 5) is 40.5. The van der Waals surface area contributed by atoms with Crippen LogP contribution in [-0.2, 0) is 10.9 Å². The predicted molar refractivity (Wildman–Crippen MR) is 145 cm³/mol. The molecule has 5 rings (SSSR count). The number of aryl methyl sites for hydroxylation is 1. The number of aromatic amines is 1. The summed E-state index contributed by atoms with van der Waals surface area (Å²) in [5, 5.41) is 6.11. The number of alkyl halides is 3. The second-order valence-electron chi connectivity index (χ2n) is 9.28. The van der Waals surface area contributed by atoms with Gasteiger partial charge in [-0.3, -0.25) is 9.69 Å². The van der Waals surface area contributed by atoms with E-state index in [0.29, 0.717) is 65.8 Å². The number of fused-ring (bicyclic) bond motifs is 1. The minimum Gasteiger partial charge on any atom is -0.378 e. The van der Waals surface area contributed by atoms with Gasteiger partial charge < -0.3 is 25.3 Å². The van der Waals surface area contributed by atoms with Crippen molar-refractivity contribution in [1.29, 1.82) is 0 Å². The second kappa shape index (κ2) is 10.8. The Hall–Kier alpha value is -4.65. The van der Waals surface area contributed by atoms with Gasteiger partial charge in [0.2, 0.25) is 0 Å². The quantitative estimate of drug-likeness (QED) is 0.319. The van der Waals surface area contributed by atoms with Crippen LogP contribution in [-0.4, -0.2) is 60.2 Å². The third kappa shape index (κ3) is 5.69. The van der Waals surface area contributed by atoms with Crippen LogP contribution in [0, 0.1) is 6.92 Å². The summed E-state index contributed by atoms with van der Waals surface area (Å²) in [7, 11) is 1.56. The zero-order chi connectivity index (χ0) is 28.4. The molecule has 0 bridgehead atoms. The standard InChI is InChI=1S/C27H26F3N7O3/c1-16-3-4-19(14-22(16)35-26(39)36(2)24-21-5-6-31-23(21)32-15-33-24)34-25(38)17-11-18(27(28,29)30)13-20(12-17)37-7-9-40-10-8-37/h3-6,11-15H,7-10H2,1-2H3,(H,34,38)(H,35,39)(H,31,32,33). The molecule has 0 atom stereocenters. The molecule has 1 fully saturated rings. The van der Waals surface area contributed by atoms with E-state index >= 15 is 0 Å². The summed E-state index contributed by atoms with van der Waals surface area (Å²) < 4.78 is 46.2. The molecular formula is C27H26F3N7O3. The molecule has 3 heterocycles. The maximum absolute atomic E-state index is 13.7. The highest BCUT2D eigenvalue weighted by Gasteiger charge is 2.32. The van der Waals surface area contributed by atoms with Crippen molar-refractivity contribution in [2.45, 2.75) is 13.1 Å². The summed E-state index contributed by atoms with van der Waals surface area (Å²) in [6.07, 6.45) is -1.59. The lowest BCUT2D eigenvalue weighted by Gasteiger charge is -2.29. The Morgan fingerprint density at radius 3 is 2.58 bits per heavy atom. The fourth-order valence-corrected chi connectivity index (χ4v) is 4.37. The molecule has 2 aromatic carbocycles. The van der Waals surface area contributed by atoms with Crippen LogP contribution in [0.1, 0.15) is 21.5 Å². The molecule has 208 valence electrons. The normalized spacial score (nSPS) is 13.8. The first-order valence-corrected chi connectivity index (χ1v) is 12.4. The van der Waals surface area contributed by atoms with Crippen LogP contribution >= 0.6 is 0 Å². The first-order valence-electron chi connectivity index (χ1n) is 12.4. The highest BCUT2D eigenvalue weighted by Crippen LogP contribution is 2.34. The van der Waals surface area contributed by atoms with Crippen molar-refractivity contribution in [1.82, 2.24) is 15.0 Å². The molecule has 10 nitrogen and oxygen atoms in total. The topological polar surface area (TPSA) is 115 Å². The van der Waals surface area contributed by atoms with Crippen molar-refractivity contribution >= 4 is 45.9 Å². The number of carbonyl (C=O) groups excluding carboxylic acids is 2. The van der Waals surface area contributed by atoms with Gasteiger partial charge in [0.15, 0.2) is 0 Å². The van der Waals surface area contributed by atoms with Gasteiger partial charge in [-0.25, -0.2) is 14.8 Å². The number of amides is 3. The molecule has 1 saturated heterocycles. The smallest absolute Gasteiger partial charge is 0.378 e. The van der Waals surface area contributed by atoms with E-state index in [9.17, 15) is 22.8 Å². The van der Waals surface area contributed by atoms with Gasteiger partial charge in [-0.1, -0.05) is 6.07 Å². The highest BCUT2D eigenvalue weighted by molar-refractivity contribution is 6.07. The first kappa shape index (κ1) is 26.9. The number of ether oxygens (including phenoxy) is 1. The molecule has 0 saturated carbocycles. The molecule has 13 heteroatoms. The van der Waals surface area contributed by atoms with Gasteiger partial charge in [-0.05, 0) is 48.9 Å². The zero-order valence-corrected chi connectivity index (χ0v) is 21.7. The van der Waals surface area contributed by atoms with Crippen molar-refractivity contribution in [3.8, 4) is 0 Å². The molecule has 40 heavy (non-hydrogen) atoms. The van der Waals surface area contributed by atoms with Gasteiger partial charge in [0.25, 0.3) is 5.91 Å². The number of morpholine rings is 1. The summed E-state index contributed by atoms with van der Waals surface area (Å²) in [5.74, 6) is -0.318. The average Bonchev–Trinajstić information content (AvgIpc) is 3.43. The molecule has 1 aliphatic rings. The van der Waals surface area contributed by atoms with Crippen LogP contribution in [0.15, 0.2) is 55.0 Å². The second-order valence-corrected chi connectivity index (χ2v) is 9.28. The Balaban J connectivity index is 1.36. The number of benzene rings is 2. The van der Waals surface area contributed by atoms with Crippen molar-refractivity contribution < 1.29 is 27.5 Å². The Bertz CT molecular complexity index is 1560. The van der Waals surface area contributed by atoms with Crippen LogP contribution in [0.2, 0.25) is 0 Å². The zero-order valence-electron chi connectivity index (χ0n) is 21.7. The molecule has 2 aromatic heterocycles. The van der Waals surface area contributed by atoms with Gasteiger partial charge in [-0.2, -0.15) is 13.2 Å². The summed E-state index contributed by atoms with van der Waals surface area (Å²) in [6.45, 7) is 3.39. The van der Waals surface area contributed by atoms with Crippen LogP contribution in [0.4, 0.5) is 40.8 Å². The number of carbonyl (C=O) groups is 2. The minimum atomic E-state index is -4.62. The fraction of sp³-hybridized carbons (Fsp3) is 0.259. The van der Waals surface area contributed by atoms with E-state index < -0.39 is 23.7 Å². The molecule has 1 aliphatic heterocycles. The molecule has 3 N–H and O–H groups in total. The number of anilines is 4. The number of H-pyrrole nitrogens is 1. The molecule has 0 unspecified atom stereocenters. The highest BCUT2D eigenvalue weighted by atomic mass is 19.4. The van der Waals surface area contributed by atoms with E-state index in [-0.39, 0.29) is 5.56 Å². The summed E-state index contributed by atoms with van der Waals surface area (Å²) >= 11 is 0. The largest absolute Gasteiger partial charge is 0.416 e. The van der Waals surface area contributed by atoms with Crippen molar-refractivity contribution in [2.24, 2.45) is 0 Å². The Morgan fingerprint density at radius 1 is 1.05 bits per heavy atom. The maximum atomic E-state index is 13.7. The van der Waals surface area contributed by atoms with Crippen LogP contribution in [0.3, 0.4) is 0 Å². The van der Waals surface area contributed by atoms with E-state index in [2.05, 4.69) is 25.6 Å². The van der Waals surface area contributed by atoms with Gasteiger partial charge in [0.05, 0.1) is 24.2 Å². The SMILES string of the molecule is Cc1ccc(NC(=O)c2cc(N3CCOCC3)cc(C(F)(F)F)c2)cc1NC(=O)N(C)c1ncnc2[nH]ccc12. The van der Waals surface area contributed by atoms with Gasteiger partial charge in [0.1, 0.15) is 17.8 Å². The van der Waals surface area contributed by atoms with Gasteiger partial charge >= 0.3 is 12.2 Å². The molecule has 4 aromatic rings. The third-order valence-corrected chi connectivity index (χ3v) is 6.58. The summed E-state index contributed by atoms with van der Waals surface area (Å²) in [6, 6.07) is 9.41. The predicted octanol–water partition coefficient (Wildman–Crippen LogP) is 5.04. The molecular weight excluding hydrogens is 527 g/mol. The van der Waals surface area contributed by atoms with E-state index in [4.69, 9.17) is 4.74 Å². The number of aromatic nitrogens is 3. The lowest BCUT2D eigenvalue weighted by Crippen LogP contribution is -2.36. The maximum Gasteiger partial charge on any atom is 0.416 e. The fourth-order valence-electron chi connectivity index (χ4n) is 4.37. The van der Waals surface area contributed by atoms with E-state index in [0.717, 1.165) is 12.1 Å². The lowest BCUT2D eigenvalue weighted by atomic mass is 10.1. The van der Waals surface area contributed by atoms with Crippen molar-refractivity contribution in [3.05, 3.63) is 71.7 Å². The molecule has 0 radical (unpaired) electrons. The minimum absolute atomic E-state index is 0.138. The van der Waals surface area contributed by atoms with Crippen LogP contribution < -0.4 is 20.4 Å². The van der Waals surface area contributed by atoms with E-state index in [1.54, 1.807) is 49.3 Å². The van der Waals surface area contributed by atoms with Crippen LogP contribution in [0.5, 0.6) is 0 Å². The number of nitrogens with zero attached hydrogens (tertiary/aromatic N) is 4. The molecule has 0 aliphatic carbocycles.